The van der Waals surface area contributed by atoms with Crippen molar-refractivity contribution in [2.24, 2.45) is 0 Å². The number of nitrogens with one attached hydrogen (secondary N) is 2. The highest BCUT2D eigenvalue weighted by atomic mass is 35.5. The highest BCUT2D eigenvalue weighted by Crippen LogP contribution is 2.37. The molecule has 0 amide bonds. The molecule has 0 bridgehead atoms. The lowest BCUT2D eigenvalue weighted by Gasteiger charge is -2.10. The Balaban J connectivity index is 0.00000168. The average molecular weight is 357 g/mol. The topological polar surface area (TPSA) is 29.8 Å². The Morgan fingerprint density at radius 1 is 0.769 bits per heavy atom. The molecule has 0 atom stereocenters. The van der Waals surface area contributed by atoms with Gasteiger partial charge in [0.2, 0.25) is 5.69 Å². The van der Waals surface area contributed by atoms with E-state index < -0.39 is 0 Å². The largest absolute Gasteiger partial charge is 1.00 e. The molecule has 0 aliphatic carbocycles. The standard InChI is InChI=1S/C23H16N2.ClH/c1-2-8-16(9-3-1)23(19-14-24-21-12-6-4-10-17(19)21)20-15-25-22-13-7-5-11-18(20)22;/h1-15,24H;1H/b23-20+;. The van der Waals surface area contributed by atoms with Crippen LogP contribution in [0.5, 0.6) is 0 Å². The third-order valence-corrected chi connectivity index (χ3v) is 4.78. The molecule has 0 saturated heterocycles. The molecule has 3 heteroatoms. The van der Waals surface area contributed by atoms with Gasteiger partial charge in [-0.15, -0.1) is 0 Å². The first-order chi connectivity index (χ1) is 12.4. The highest BCUT2D eigenvalue weighted by Gasteiger charge is 2.24. The molecule has 1 aromatic heterocycles. The second-order valence-electron chi connectivity index (χ2n) is 6.24. The van der Waals surface area contributed by atoms with Gasteiger partial charge in [-0.3, -0.25) is 0 Å². The van der Waals surface area contributed by atoms with Crippen molar-refractivity contribution in [1.82, 2.24) is 4.98 Å². The van der Waals surface area contributed by atoms with E-state index in [2.05, 4.69) is 101 Å². The van der Waals surface area contributed by atoms with Crippen LogP contribution < -0.4 is 17.4 Å². The van der Waals surface area contributed by atoms with Crippen molar-refractivity contribution in [2.45, 2.75) is 0 Å². The number of fused-ring (bicyclic) bond motifs is 2. The van der Waals surface area contributed by atoms with Crippen molar-refractivity contribution in [3.05, 3.63) is 102 Å². The van der Waals surface area contributed by atoms with Gasteiger partial charge in [-0.25, -0.2) is 4.99 Å². The van der Waals surface area contributed by atoms with Crippen LogP contribution >= 0.6 is 0 Å². The lowest BCUT2D eigenvalue weighted by atomic mass is 9.90. The molecule has 4 aromatic rings. The van der Waals surface area contributed by atoms with Crippen LogP contribution in [-0.4, -0.2) is 11.2 Å². The number of hydrogen-bond acceptors (Lipinski definition) is 0. The predicted molar refractivity (Wildman–Crippen MR) is 104 cm³/mol. The predicted octanol–water partition coefficient (Wildman–Crippen LogP) is 0.927. The zero-order valence-electron chi connectivity index (χ0n) is 14.0. The molecule has 0 saturated carbocycles. The summed E-state index contributed by atoms with van der Waals surface area (Å²) in [5.74, 6) is 0. The van der Waals surface area contributed by atoms with Crippen molar-refractivity contribution in [1.29, 1.82) is 0 Å². The van der Waals surface area contributed by atoms with E-state index in [0.717, 1.165) is 11.2 Å². The minimum atomic E-state index is 0. The molecule has 0 unspecified atom stereocenters. The highest BCUT2D eigenvalue weighted by molar-refractivity contribution is 6.24. The van der Waals surface area contributed by atoms with E-state index in [9.17, 15) is 0 Å². The zero-order chi connectivity index (χ0) is 16.6. The number of hydrogen-bond donors (Lipinski definition) is 2. The number of para-hydroxylation sites is 2. The van der Waals surface area contributed by atoms with E-state index in [1.165, 1.54) is 33.2 Å². The van der Waals surface area contributed by atoms with Crippen LogP contribution in [0.3, 0.4) is 0 Å². The Labute approximate surface area is 158 Å². The van der Waals surface area contributed by atoms with Crippen LogP contribution in [0.1, 0.15) is 16.7 Å². The Hall–Kier alpha value is -3.10. The zero-order valence-corrected chi connectivity index (χ0v) is 14.8. The molecule has 2 heterocycles. The first kappa shape index (κ1) is 16.4. The van der Waals surface area contributed by atoms with Crippen molar-refractivity contribution < 1.29 is 17.4 Å². The van der Waals surface area contributed by atoms with Gasteiger partial charge in [-0.1, -0.05) is 60.7 Å². The molecule has 2 N–H and O–H groups in total. The fourth-order valence-electron chi connectivity index (χ4n) is 3.62. The summed E-state index contributed by atoms with van der Waals surface area (Å²) in [6.07, 6.45) is 4.24. The van der Waals surface area contributed by atoms with Crippen molar-refractivity contribution >= 4 is 34.0 Å². The summed E-state index contributed by atoms with van der Waals surface area (Å²) in [5.41, 5.74) is 8.48. The molecular weight excluding hydrogens is 340 g/mol. The third-order valence-electron chi connectivity index (χ3n) is 4.78. The van der Waals surface area contributed by atoms with Gasteiger partial charge in [0.15, 0.2) is 6.21 Å². The second-order valence-corrected chi connectivity index (χ2v) is 6.24. The molecule has 2 nitrogen and oxygen atoms in total. The van der Waals surface area contributed by atoms with Crippen molar-refractivity contribution in [3.63, 3.8) is 0 Å². The lowest BCUT2D eigenvalue weighted by molar-refractivity contribution is -0.342. The third kappa shape index (κ3) is 2.56. The number of halogens is 1. The first-order valence-corrected chi connectivity index (χ1v) is 8.47. The summed E-state index contributed by atoms with van der Waals surface area (Å²) in [7, 11) is 0. The van der Waals surface area contributed by atoms with Crippen LogP contribution in [0.15, 0.2) is 85.1 Å². The van der Waals surface area contributed by atoms with Gasteiger partial charge in [0.05, 0.1) is 11.1 Å². The number of aromatic amines is 1. The van der Waals surface area contributed by atoms with Gasteiger partial charge in [-0.05, 0) is 17.7 Å². The van der Waals surface area contributed by atoms with E-state index in [-0.39, 0.29) is 12.4 Å². The van der Waals surface area contributed by atoms with Crippen LogP contribution in [0, 0.1) is 0 Å². The first-order valence-electron chi connectivity index (χ1n) is 8.47. The summed E-state index contributed by atoms with van der Waals surface area (Å²) in [4.78, 5) is 6.83. The Bertz CT molecular complexity index is 1140. The van der Waals surface area contributed by atoms with Crippen LogP contribution in [0.25, 0.3) is 22.0 Å². The molecule has 5 rings (SSSR count). The number of allylic oxidation sites excluding steroid dienone is 1. The van der Waals surface area contributed by atoms with Gasteiger partial charge in [0.25, 0.3) is 0 Å². The number of rotatable bonds is 2. The summed E-state index contributed by atoms with van der Waals surface area (Å²) in [6.45, 7) is 0. The van der Waals surface area contributed by atoms with E-state index >= 15 is 0 Å². The van der Waals surface area contributed by atoms with Gasteiger partial charge >= 0.3 is 0 Å². The van der Waals surface area contributed by atoms with Crippen LogP contribution in [-0.2, 0) is 0 Å². The van der Waals surface area contributed by atoms with E-state index in [4.69, 9.17) is 0 Å². The number of H-pyrrole nitrogens is 1. The SMILES string of the molecule is C1=[NH+]c2ccccc2/C1=C(\c1ccccc1)c1c[nH]c2ccccc12.[Cl-]. The number of benzene rings is 3. The quantitative estimate of drug-likeness (QED) is 0.535. The van der Waals surface area contributed by atoms with Crippen LogP contribution in [0.4, 0.5) is 5.69 Å². The molecule has 3 aromatic carbocycles. The summed E-state index contributed by atoms with van der Waals surface area (Å²) in [6, 6.07) is 27.5. The molecule has 1 aliphatic heterocycles. The molecular formula is C23H17ClN2. The smallest absolute Gasteiger partial charge is 0.211 e. The van der Waals surface area contributed by atoms with Crippen molar-refractivity contribution in [3.8, 4) is 0 Å². The van der Waals surface area contributed by atoms with Gasteiger partial charge in [0.1, 0.15) is 0 Å². The minimum Gasteiger partial charge on any atom is -1.00 e. The van der Waals surface area contributed by atoms with Crippen molar-refractivity contribution in [2.75, 3.05) is 0 Å². The minimum absolute atomic E-state index is 0. The van der Waals surface area contributed by atoms with Gasteiger partial charge in [-0.2, -0.15) is 0 Å². The average Bonchev–Trinajstić information content (AvgIpc) is 3.29. The Morgan fingerprint density at radius 2 is 1.50 bits per heavy atom. The summed E-state index contributed by atoms with van der Waals surface area (Å²) in [5, 5.41) is 1.24. The maximum absolute atomic E-state index is 3.42. The normalized spacial score (nSPS) is 14.2. The Kier molecular flexibility index (Phi) is 4.19. The monoisotopic (exact) mass is 356 g/mol. The molecule has 26 heavy (non-hydrogen) atoms. The molecule has 0 spiro atoms. The maximum atomic E-state index is 3.42. The molecule has 0 fully saturated rings. The molecule has 1 aliphatic rings. The van der Waals surface area contributed by atoms with E-state index in [1.54, 1.807) is 0 Å². The maximum Gasteiger partial charge on any atom is 0.211 e. The van der Waals surface area contributed by atoms with Gasteiger partial charge < -0.3 is 17.4 Å². The fraction of sp³-hybridized carbons (Fsp3) is 0. The lowest BCUT2D eigenvalue weighted by Crippen LogP contribution is -3.00. The number of aromatic nitrogens is 1. The van der Waals surface area contributed by atoms with E-state index in [1.807, 2.05) is 0 Å². The van der Waals surface area contributed by atoms with Crippen LogP contribution in [0.2, 0.25) is 0 Å². The molecule has 126 valence electrons. The summed E-state index contributed by atoms with van der Waals surface area (Å²) >= 11 is 0. The van der Waals surface area contributed by atoms with E-state index in [0.29, 0.717) is 0 Å². The second kappa shape index (κ2) is 6.66. The Morgan fingerprint density at radius 3 is 2.38 bits per heavy atom. The summed E-state index contributed by atoms with van der Waals surface area (Å²) < 4.78 is 0. The van der Waals surface area contributed by atoms with Gasteiger partial charge in [0, 0.05) is 34.3 Å². The fourth-order valence-corrected chi connectivity index (χ4v) is 3.62. The molecule has 0 radical (unpaired) electrons.